The zero-order chi connectivity index (χ0) is 8.69. The largest absolute Gasteiger partial charge is 0.330 e. The summed E-state index contributed by atoms with van der Waals surface area (Å²) in [6.07, 6.45) is 7.10. The molecule has 0 aromatic heterocycles. The molecule has 0 aliphatic heterocycles. The Kier molecular flexibility index (Phi) is 4.82. The van der Waals surface area contributed by atoms with Gasteiger partial charge in [-0.2, -0.15) is 0 Å². The van der Waals surface area contributed by atoms with Crippen LogP contribution in [0.4, 0.5) is 0 Å². The van der Waals surface area contributed by atoms with Gasteiger partial charge in [0.15, 0.2) is 0 Å². The summed E-state index contributed by atoms with van der Waals surface area (Å²) >= 11 is 0. The van der Waals surface area contributed by atoms with Crippen LogP contribution in [0.2, 0.25) is 0 Å². The van der Waals surface area contributed by atoms with Gasteiger partial charge in [0.1, 0.15) is 0 Å². The number of carbonyl (C=O) groups is 1. The lowest BCUT2D eigenvalue weighted by atomic mass is 10.4. The van der Waals surface area contributed by atoms with Gasteiger partial charge < -0.3 is 5.32 Å². The van der Waals surface area contributed by atoms with Crippen molar-refractivity contribution in [3.05, 3.63) is 36.6 Å². The van der Waals surface area contributed by atoms with Crippen LogP contribution >= 0.6 is 0 Å². The highest BCUT2D eigenvalue weighted by molar-refractivity contribution is 5.74. The number of rotatable bonds is 3. The topological polar surface area (TPSA) is 29.1 Å². The first-order valence-corrected chi connectivity index (χ1v) is 3.40. The van der Waals surface area contributed by atoms with E-state index in [0.29, 0.717) is 0 Å². The quantitative estimate of drug-likeness (QED) is 0.612. The third-order valence-electron chi connectivity index (χ3n) is 0.967. The monoisotopic (exact) mass is 151 g/mol. The number of carbonyl (C=O) groups excluding carboxylic acids is 1. The van der Waals surface area contributed by atoms with Crippen LogP contribution in [0.3, 0.4) is 0 Å². The molecule has 0 saturated carbocycles. The summed E-state index contributed by atoms with van der Waals surface area (Å²) in [5.41, 5.74) is 0.829. The Morgan fingerprint density at radius 1 is 1.36 bits per heavy atom. The fourth-order valence-electron chi connectivity index (χ4n) is 0.598. The van der Waals surface area contributed by atoms with Gasteiger partial charge in [0.2, 0.25) is 5.91 Å². The van der Waals surface area contributed by atoms with Crippen LogP contribution in [-0.4, -0.2) is 5.91 Å². The third-order valence-corrected chi connectivity index (χ3v) is 0.967. The van der Waals surface area contributed by atoms with Crippen LogP contribution in [0.5, 0.6) is 0 Å². The summed E-state index contributed by atoms with van der Waals surface area (Å²) in [5, 5.41) is 2.64. The van der Waals surface area contributed by atoms with Crippen molar-refractivity contribution < 1.29 is 4.79 Å². The summed E-state index contributed by atoms with van der Waals surface area (Å²) < 4.78 is 0. The molecule has 0 heterocycles. The average Bonchev–Trinajstić information content (AvgIpc) is 1.86. The Labute approximate surface area is 67.3 Å². The predicted octanol–water partition coefficient (Wildman–Crippen LogP) is 1.77. The Balaban J connectivity index is 3.90. The van der Waals surface area contributed by atoms with Crippen LogP contribution in [0.1, 0.15) is 13.8 Å². The molecular weight excluding hydrogens is 138 g/mol. The second-order valence-electron chi connectivity index (χ2n) is 2.15. The third kappa shape index (κ3) is 6.58. The van der Waals surface area contributed by atoms with Crippen molar-refractivity contribution in [2.45, 2.75) is 13.8 Å². The molecule has 60 valence electrons. The minimum atomic E-state index is -0.0502. The predicted molar refractivity (Wildman–Crippen MR) is 46.9 cm³/mol. The maximum absolute atomic E-state index is 10.5. The Morgan fingerprint density at radius 3 is 2.45 bits per heavy atom. The first-order chi connectivity index (χ1) is 5.16. The molecule has 0 radical (unpaired) electrons. The Hall–Kier alpha value is -1.31. The number of hydrogen-bond donors (Lipinski definition) is 1. The van der Waals surface area contributed by atoms with Crippen molar-refractivity contribution in [2.75, 3.05) is 0 Å². The minimum Gasteiger partial charge on any atom is -0.330 e. The normalized spacial score (nSPS) is 11.6. The lowest BCUT2D eigenvalue weighted by Gasteiger charge is -1.97. The van der Waals surface area contributed by atoms with Gasteiger partial charge in [-0.1, -0.05) is 24.8 Å². The molecule has 0 rings (SSSR count). The van der Waals surface area contributed by atoms with Crippen LogP contribution in [0, 0.1) is 0 Å². The highest BCUT2D eigenvalue weighted by atomic mass is 16.1. The van der Waals surface area contributed by atoms with E-state index in [0.717, 1.165) is 5.70 Å². The van der Waals surface area contributed by atoms with E-state index in [1.54, 1.807) is 12.2 Å². The molecule has 2 heteroatoms. The van der Waals surface area contributed by atoms with E-state index in [1.807, 2.05) is 19.1 Å². The van der Waals surface area contributed by atoms with Crippen LogP contribution in [-0.2, 0) is 4.79 Å². The van der Waals surface area contributed by atoms with E-state index in [4.69, 9.17) is 0 Å². The highest BCUT2D eigenvalue weighted by Crippen LogP contribution is 1.87. The zero-order valence-electron chi connectivity index (χ0n) is 6.92. The van der Waals surface area contributed by atoms with Crippen LogP contribution in [0.25, 0.3) is 0 Å². The molecule has 0 spiro atoms. The van der Waals surface area contributed by atoms with Gasteiger partial charge in [0.25, 0.3) is 0 Å². The first-order valence-electron chi connectivity index (χ1n) is 3.40. The van der Waals surface area contributed by atoms with Crippen molar-refractivity contribution in [1.29, 1.82) is 0 Å². The Morgan fingerprint density at radius 2 is 2.00 bits per heavy atom. The summed E-state index contributed by atoms with van der Waals surface area (Å²) in [7, 11) is 0. The fourth-order valence-corrected chi connectivity index (χ4v) is 0.598. The molecule has 1 N–H and O–H groups in total. The summed E-state index contributed by atoms with van der Waals surface area (Å²) in [6.45, 7) is 6.82. The first kappa shape index (κ1) is 9.69. The van der Waals surface area contributed by atoms with E-state index in [9.17, 15) is 4.79 Å². The van der Waals surface area contributed by atoms with Crippen molar-refractivity contribution in [3.63, 3.8) is 0 Å². The van der Waals surface area contributed by atoms with Crippen molar-refractivity contribution in [2.24, 2.45) is 0 Å². The van der Waals surface area contributed by atoms with Gasteiger partial charge in [-0.25, -0.2) is 0 Å². The van der Waals surface area contributed by atoms with Gasteiger partial charge in [-0.05, 0) is 13.0 Å². The van der Waals surface area contributed by atoms with Crippen molar-refractivity contribution in [3.8, 4) is 0 Å². The number of allylic oxidation sites excluding steroid dienone is 5. The molecule has 1 amide bonds. The molecule has 0 aromatic carbocycles. The van der Waals surface area contributed by atoms with Gasteiger partial charge in [-0.3, -0.25) is 4.79 Å². The van der Waals surface area contributed by atoms with Gasteiger partial charge in [-0.15, -0.1) is 0 Å². The average molecular weight is 151 g/mol. The van der Waals surface area contributed by atoms with E-state index in [-0.39, 0.29) is 5.91 Å². The summed E-state index contributed by atoms with van der Waals surface area (Å²) in [6, 6.07) is 0. The highest BCUT2D eigenvalue weighted by Gasteiger charge is 1.88. The molecule has 0 saturated heterocycles. The molecule has 0 unspecified atom stereocenters. The molecule has 0 bridgehead atoms. The van der Waals surface area contributed by atoms with Gasteiger partial charge in [0, 0.05) is 12.6 Å². The van der Waals surface area contributed by atoms with E-state index < -0.39 is 0 Å². The second-order valence-corrected chi connectivity index (χ2v) is 2.15. The van der Waals surface area contributed by atoms with Gasteiger partial charge >= 0.3 is 0 Å². The lowest BCUT2D eigenvalue weighted by Crippen LogP contribution is -2.16. The molecule has 11 heavy (non-hydrogen) atoms. The lowest BCUT2D eigenvalue weighted by molar-refractivity contribution is -0.118. The number of nitrogens with one attached hydrogen (secondary N) is 1. The number of amides is 1. The molecule has 2 nitrogen and oxygen atoms in total. The summed E-state index contributed by atoms with van der Waals surface area (Å²) in [5.74, 6) is -0.0502. The number of hydrogen-bond acceptors (Lipinski definition) is 1. The maximum Gasteiger partial charge on any atom is 0.220 e. The summed E-state index contributed by atoms with van der Waals surface area (Å²) in [4.78, 5) is 10.5. The maximum atomic E-state index is 10.5. The molecular formula is C9H13NO. The minimum absolute atomic E-state index is 0.0502. The molecule has 0 aliphatic rings. The standard InChI is InChI=1S/C9H13NO/c1-4-5-6-7-8(2)10-9(3)11/h4-7H,1H2,2-3H3,(H,10,11)/b6-5-,8-7+. The molecule has 0 aliphatic carbocycles. The van der Waals surface area contributed by atoms with E-state index in [1.165, 1.54) is 6.92 Å². The van der Waals surface area contributed by atoms with E-state index >= 15 is 0 Å². The van der Waals surface area contributed by atoms with Gasteiger partial charge in [0.05, 0.1) is 0 Å². The van der Waals surface area contributed by atoms with Crippen molar-refractivity contribution in [1.82, 2.24) is 5.32 Å². The zero-order valence-corrected chi connectivity index (χ0v) is 6.92. The Bertz CT molecular complexity index is 202. The molecule has 0 atom stereocenters. The molecule has 0 aromatic rings. The van der Waals surface area contributed by atoms with E-state index in [2.05, 4.69) is 11.9 Å². The molecule has 0 fully saturated rings. The fraction of sp³-hybridized carbons (Fsp3) is 0.222. The van der Waals surface area contributed by atoms with Crippen LogP contribution < -0.4 is 5.32 Å². The SMILES string of the molecule is C=C/C=C\C=C(/C)NC(C)=O. The van der Waals surface area contributed by atoms with Crippen molar-refractivity contribution >= 4 is 5.91 Å². The second kappa shape index (κ2) is 5.47. The smallest absolute Gasteiger partial charge is 0.220 e. The van der Waals surface area contributed by atoms with Crippen LogP contribution in [0.15, 0.2) is 36.6 Å².